The second-order valence-corrected chi connectivity index (χ2v) is 3.57. The van der Waals surface area contributed by atoms with Crippen molar-refractivity contribution in [3.8, 4) is 0 Å². The third-order valence-corrected chi connectivity index (χ3v) is 2.63. The van der Waals surface area contributed by atoms with Gasteiger partial charge in [0.2, 0.25) is 0 Å². The lowest BCUT2D eigenvalue weighted by Crippen LogP contribution is -1.99. The first kappa shape index (κ1) is 10.6. The summed E-state index contributed by atoms with van der Waals surface area (Å²) in [6.07, 6.45) is 3.31. The van der Waals surface area contributed by atoms with E-state index in [0.29, 0.717) is 11.8 Å². The minimum absolute atomic E-state index is 0.504. The average molecular weight is 196 g/mol. The van der Waals surface area contributed by atoms with Gasteiger partial charge in [-0.1, -0.05) is 50.1 Å². The molecule has 1 heteroatoms. The quantitative estimate of drug-likeness (QED) is 0.623. The van der Waals surface area contributed by atoms with Gasteiger partial charge < -0.3 is 0 Å². The third kappa shape index (κ3) is 3.40. The zero-order chi connectivity index (χ0) is 9.52. The van der Waals surface area contributed by atoms with E-state index in [0.717, 1.165) is 19.3 Å². The molecule has 13 heavy (non-hydrogen) atoms. The maximum absolute atomic E-state index is 5.92. The van der Waals surface area contributed by atoms with Crippen molar-refractivity contribution in [3.63, 3.8) is 0 Å². The van der Waals surface area contributed by atoms with Gasteiger partial charge in [0.25, 0.3) is 0 Å². The Morgan fingerprint density at radius 1 is 1.23 bits per heavy atom. The van der Waals surface area contributed by atoms with Crippen LogP contribution in [0.5, 0.6) is 0 Å². The molecule has 1 unspecified atom stereocenters. The van der Waals surface area contributed by atoms with E-state index in [1.54, 1.807) is 0 Å². The lowest BCUT2D eigenvalue weighted by Gasteiger charge is -2.13. The van der Waals surface area contributed by atoms with Gasteiger partial charge >= 0.3 is 0 Å². The Kier molecular flexibility index (Phi) is 4.92. The van der Waals surface area contributed by atoms with E-state index in [1.807, 2.05) is 6.07 Å². The molecule has 1 atom stereocenters. The van der Waals surface area contributed by atoms with Crippen molar-refractivity contribution in [2.24, 2.45) is 0 Å². The maximum atomic E-state index is 5.92. The Hall–Kier alpha value is -0.490. The molecule has 0 aliphatic rings. The summed E-state index contributed by atoms with van der Waals surface area (Å²) in [7, 11) is 0. The lowest BCUT2D eigenvalue weighted by molar-refractivity contribution is 0.644. The van der Waals surface area contributed by atoms with Crippen molar-refractivity contribution in [2.75, 3.05) is 5.88 Å². The average Bonchev–Trinajstić information content (AvgIpc) is 2.21. The number of rotatable bonds is 5. The second-order valence-electron chi connectivity index (χ2n) is 3.26. The third-order valence-electron chi connectivity index (χ3n) is 2.26. The normalized spacial score (nSPS) is 12.8. The number of halogens is 1. The first-order valence-corrected chi connectivity index (χ1v) is 5.32. The van der Waals surface area contributed by atoms with Crippen LogP contribution < -0.4 is 0 Å². The highest BCUT2D eigenvalue weighted by molar-refractivity contribution is 6.18. The molecular weight excluding hydrogens is 180 g/mol. The van der Waals surface area contributed by atoms with E-state index >= 15 is 0 Å². The van der Waals surface area contributed by atoms with Gasteiger partial charge in [0, 0.05) is 5.88 Å². The Balaban J connectivity index is 2.56. The van der Waals surface area contributed by atoms with Crippen molar-refractivity contribution in [1.29, 1.82) is 0 Å². The summed E-state index contributed by atoms with van der Waals surface area (Å²) in [4.78, 5) is 0. The molecule has 0 spiro atoms. The SMILES string of the molecule is [CH2]CCCC(CCl)c1ccccc1. The summed E-state index contributed by atoms with van der Waals surface area (Å²) in [5.74, 6) is 1.22. The number of hydrogen-bond donors (Lipinski definition) is 0. The van der Waals surface area contributed by atoms with Crippen LogP contribution in [0.1, 0.15) is 30.7 Å². The molecule has 1 rings (SSSR count). The molecule has 0 fully saturated rings. The summed E-state index contributed by atoms with van der Waals surface area (Å²) in [5, 5.41) is 0. The van der Waals surface area contributed by atoms with Crippen molar-refractivity contribution in [1.82, 2.24) is 0 Å². The standard InChI is InChI=1S/C12H16Cl/c1-2-3-7-12(10-13)11-8-5-4-6-9-11/h4-6,8-9,12H,1-3,7,10H2. The summed E-state index contributed by atoms with van der Waals surface area (Å²) >= 11 is 5.92. The Bertz CT molecular complexity index is 218. The molecule has 0 aliphatic carbocycles. The first-order chi connectivity index (χ1) is 6.38. The van der Waals surface area contributed by atoms with Crippen LogP contribution in [0, 0.1) is 6.92 Å². The predicted octanol–water partition coefficient (Wildman–Crippen LogP) is 4.01. The fraction of sp³-hybridized carbons (Fsp3) is 0.417. The minimum atomic E-state index is 0.504. The van der Waals surface area contributed by atoms with Crippen LogP contribution >= 0.6 is 11.6 Å². The van der Waals surface area contributed by atoms with E-state index in [1.165, 1.54) is 5.56 Å². The summed E-state index contributed by atoms with van der Waals surface area (Å²) < 4.78 is 0. The molecule has 0 aliphatic heterocycles. The molecule has 71 valence electrons. The molecule has 0 saturated heterocycles. The molecule has 0 heterocycles. The highest BCUT2D eigenvalue weighted by Gasteiger charge is 2.08. The molecule has 1 aromatic carbocycles. The van der Waals surface area contributed by atoms with Gasteiger partial charge in [0.15, 0.2) is 0 Å². The topological polar surface area (TPSA) is 0 Å². The van der Waals surface area contributed by atoms with Gasteiger partial charge in [-0.25, -0.2) is 0 Å². The molecular formula is C12H16Cl. The fourth-order valence-electron chi connectivity index (χ4n) is 1.45. The summed E-state index contributed by atoms with van der Waals surface area (Å²) in [6, 6.07) is 10.5. The molecule has 0 aromatic heterocycles. The Morgan fingerprint density at radius 2 is 1.92 bits per heavy atom. The lowest BCUT2D eigenvalue weighted by atomic mass is 9.95. The molecule has 0 nitrogen and oxygen atoms in total. The molecule has 1 radical (unpaired) electrons. The predicted molar refractivity (Wildman–Crippen MR) is 59.1 cm³/mol. The number of unbranched alkanes of at least 4 members (excludes halogenated alkanes) is 1. The van der Waals surface area contributed by atoms with E-state index in [4.69, 9.17) is 11.6 Å². The highest BCUT2D eigenvalue weighted by atomic mass is 35.5. The van der Waals surface area contributed by atoms with Crippen molar-refractivity contribution < 1.29 is 0 Å². The minimum Gasteiger partial charge on any atom is -0.126 e. The van der Waals surface area contributed by atoms with Crippen LogP contribution in [-0.2, 0) is 0 Å². The molecule has 0 N–H and O–H groups in total. The number of hydrogen-bond acceptors (Lipinski definition) is 0. The highest BCUT2D eigenvalue weighted by Crippen LogP contribution is 2.22. The molecule has 1 aromatic rings. The number of alkyl halides is 1. The van der Waals surface area contributed by atoms with Crippen molar-refractivity contribution in [3.05, 3.63) is 42.8 Å². The Morgan fingerprint density at radius 3 is 2.46 bits per heavy atom. The first-order valence-electron chi connectivity index (χ1n) is 4.78. The van der Waals surface area contributed by atoms with E-state index in [-0.39, 0.29) is 0 Å². The van der Waals surface area contributed by atoms with Crippen LogP contribution in [0.4, 0.5) is 0 Å². The van der Waals surface area contributed by atoms with Crippen LogP contribution in [0.25, 0.3) is 0 Å². The number of benzene rings is 1. The smallest absolute Gasteiger partial charge is 0.0292 e. The van der Waals surface area contributed by atoms with Crippen LogP contribution in [0.15, 0.2) is 30.3 Å². The second kappa shape index (κ2) is 6.04. The van der Waals surface area contributed by atoms with Gasteiger partial charge in [-0.05, 0) is 17.9 Å². The van der Waals surface area contributed by atoms with E-state index in [2.05, 4.69) is 31.2 Å². The van der Waals surface area contributed by atoms with Gasteiger partial charge in [-0.15, -0.1) is 11.6 Å². The molecule has 0 bridgehead atoms. The largest absolute Gasteiger partial charge is 0.126 e. The van der Waals surface area contributed by atoms with Gasteiger partial charge in [0.1, 0.15) is 0 Å². The van der Waals surface area contributed by atoms with E-state index in [9.17, 15) is 0 Å². The zero-order valence-corrected chi connectivity index (χ0v) is 8.63. The Labute approximate surface area is 85.9 Å². The molecule has 0 amide bonds. The monoisotopic (exact) mass is 195 g/mol. The summed E-state index contributed by atoms with van der Waals surface area (Å²) in [6.45, 7) is 3.84. The van der Waals surface area contributed by atoms with E-state index < -0.39 is 0 Å². The fourth-order valence-corrected chi connectivity index (χ4v) is 1.78. The summed E-state index contributed by atoms with van der Waals surface area (Å²) in [5.41, 5.74) is 1.35. The van der Waals surface area contributed by atoms with Crippen LogP contribution in [0.3, 0.4) is 0 Å². The van der Waals surface area contributed by atoms with Crippen molar-refractivity contribution in [2.45, 2.75) is 25.2 Å². The maximum Gasteiger partial charge on any atom is 0.0292 e. The van der Waals surface area contributed by atoms with Gasteiger partial charge in [0.05, 0.1) is 0 Å². The van der Waals surface area contributed by atoms with Crippen LogP contribution in [0.2, 0.25) is 0 Å². The molecule has 0 saturated carbocycles. The zero-order valence-electron chi connectivity index (χ0n) is 7.88. The van der Waals surface area contributed by atoms with Gasteiger partial charge in [-0.3, -0.25) is 0 Å². The van der Waals surface area contributed by atoms with Crippen LogP contribution in [-0.4, -0.2) is 5.88 Å². The van der Waals surface area contributed by atoms with Gasteiger partial charge in [-0.2, -0.15) is 0 Å². The van der Waals surface area contributed by atoms with Crippen molar-refractivity contribution >= 4 is 11.6 Å².